The number of nitrogens with zero attached hydrogens (tertiary/aromatic N) is 2. The van der Waals surface area contributed by atoms with E-state index in [1.807, 2.05) is 48.7 Å². The van der Waals surface area contributed by atoms with E-state index >= 15 is 0 Å². The number of benzene rings is 2. The number of hydrogen-bond acceptors (Lipinski definition) is 3. The summed E-state index contributed by atoms with van der Waals surface area (Å²) in [6.45, 7) is 6.27. The van der Waals surface area contributed by atoms with E-state index < -0.39 is 0 Å². The second kappa shape index (κ2) is 11.7. The summed E-state index contributed by atoms with van der Waals surface area (Å²) in [5.74, 6) is 0.706. The van der Waals surface area contributed by atoms with E-state index in [9.17, 15) is 0 Å². The Hall–Kier alpha value is -2.04. The Morgan fingerprint density at radius 1 is 0.893 bits per heavy atom. The zero-order chi connectivity index (χ0) is 20.4. The third-order valence-electron chi connectivity index (χ3n) is 3.79. The SMILES string of the molecule is Cc1cc(C)c(N=Cc2ccc(/C=N/Oc3ccccc3)[nH]2)c(C)c1.[Cl][Fe][Cl]. The molecule has 148 valence electrons. The first-order valence-electron chi connectivity index (χ1n) is 8.45. The van der Waals surface area contributed by atoms with Gasteiger partial charge in [-0.05, 0) is 56.2 Å². The number of aryl methyl sites for hydroxylation is 3. The number of oxime groups is 1. The molecule has 0 bridgehead atoms. The second-order valence-electron chi connectivity index (χ2n) is 6.06. The Morgan fingerprint density at radius 3 is 2.07 bits per heavy atom. The number of nitrogens with one attached hydrogen (secondary N) is 1. The van der Waals surface area contributed by atoms with Crippen LogP contribution < -0.4 is 4.84 Å². The molecule has 4 nitrogen and oxygen atoms in total. The molecule has 0 saturated heterocycles. The van der Waals surface area contributed by atoms with Crippen LogP contribution in [0, 0.1) is 20.8 Å². The van der Waals surface area contributed by atoms with Gasteiger partial charge in [0.2, 0.25) is 0 Å². The average molecular weight is 458 g/mol. The van der Waals surface area contributed by atoms with Gasteiger partial charge in [-0.15, -0.1) is 0 Å². The van der Waals surface area contributed by atoms with Crippen molar-refractivity contribution in [1.29, 1.82) is 0 Å². The predicted octanol–water partition coefficient (Wildman–Crippen LogP) is 6.48. The standard InChI is InChI=1S/C21H21N3O.2ClH.Fe/c1-15-11-16(2)21(17(3)12-15)22-13-18-9-10-19(24-18)14-23-25-20-7-5-4-6-8-20;;;/h4-14,24H,1-3H3;2*1H;/q;;;+2/p-2/b22-13?,23-14+;;;. The van der Waals surface area contributed by atoms with Crippen molar-refractivity contribution in [3.8, 4) is 5.75 Å². The molecule has 0 aliphatic rings. The molecule has 1 heterocycles. The fourth-order valence-electron chi connectivity index (χ4n) is 2.72. The van der Waals surface area contributed by atoms with Crippen molar-refractivity contribution in [2.45, 2.75) is 20.8 Å². The maximum absolute atomic E-state index is 5.31. The van der Waals surface area contributed by atoms with E-state index in [0.29, 0.717) is 5.75 Å². The van der Waals surface area contributed by atoms with Crippen molar-refractivity contribution in [2.24, 2.45) is 10.1 Å². The van der Waals surface area contributed by atoms with Crippen LogP contribution in [0.1, 0.15) is 28.1 Å². The molecule has 0 saturated carbocycles. The number of para-hydroxylation sites is 1. The normalized spacial score (nSPS) is 11.0. The molecule has 1 N–H and O–H groups in total. The van der Waals surface area contributed by atoms with Gasteiger partial charge in [0.25, 0.3) is 0 Å². The van der Waals surface area contributed by atoms with E-state index in [0.717, 1.165) is 17.1 Å². The van der Waals surface area contributed by atoms with E-state index in [1.54, 1.807) is 6.21 Å². The third kappa shape index (κ3) is 7.17. The summed E-state index contributed by atoms with van der Waals surface area (Å²) in [5.41, 5.74) is 6.40. The molecule has 7 heteroatoms. The molecule has 0 atom stereocenters. The van der Waals surface area contributed by atoms with E-state index in [-0.39, 0.29) is 13.1 Å². The molecule has 0 aliphatic heterocycles. The minimum absolute atomic E-state index is 0.194. The molecular formula is C21H21Cl2FeN3O. The third-order valence-corrected chi connectivity index (χ3v) is 3.79. The van der Waals surface area contributed by atoms with E-state index in [2.05, 4.69) is 48.0 Å². The van der Waals surface area contributed by atoms with Gasteiger partial charge in [0.15, 0.2) is 5.75 Å². The number of H-pyrrole nitrogens is 1. The summed E-state index contributed by atoms with van der Waals surface area (Å²) in [6.07, 6.45) is 3.48. The van der Waals surface area contributed by atoms with Crippen LogP contribution in [0.4, 0.5) is 5.69 Å². The molecule has 0 unspecified atom stereocenters. The molecule has 0 amide bonds. The Kier molecular flexibility index (Phi) is 9.32. The Balaban J connectivity index is 0.000000878. The Labute approximate surface area is 180 Å². The van der Waals surface area contributed by atoms with Crippen LogP contribution in [0.5, 0.6) is 5.75 Å². The van der Waals surface area contributed by atoms with Crippen LogP contribution in [0.2, 0.25) is 0 Å². The average Bonchev–Trinajstić information content (AvgIpc) is 3.10. The summed E-state index contributed by atoms with van der Waals surface area (Å²) in [5, 5.41) is 3.98. The summed E-state index contributed by atoms with van der Waals surface area (Å²) >= 11 is 0.194. The van der Waals surface area contributed by atoms with Crippen LogP contribution in [-0.2, 0) is 13.1 Å². The summed E-state index contributed by atoms with van der Waals surface area (Å²) in [6, 6.07) is 17.7. The molecule has 3 rings (SSSR count). The van der Waals surface area contributed by atoms with Crippen LogP contribution in [0.15, 0.2) is 64.7 Å². The van der Waals surface area contributed by atoms with Crippen LogP contribution in [0.25, 0.3) is 0 Å². The topological polar surface area (TPSA) is 49.7 Å². The fraction of sp³-hybridized carbons (Fsp3) is 0.143. The van der Waals surface area contributed by atoms with Gasteiger partial charge in [-0.2, -0.15) is 0 Å². The van der Waals surface area contributed by atoms with E-state index in [4.69, 9.17) is 25.0 Å². The second-order valence-corrected chi connectivity index (χ2v) is 7.89. The predicted molar refractivity (Wildman–Crippen MR) is 115 cm³/mol. The fourth-order valence-corrected chi connectivity index (χ4v) is 2.72. The molecule has 0 aliphatic carbocycles. The number of rotatable bonds is 5. The van der Waals surface area contributed by atoms with Crippen LogP contribution in [-0.4, -0.2) is 17.4 Å². The van der Waals surface area contributed by atoms with Gasteiger partial charge in [0.1, 0.15) is 0 Å². The number of hydrogen-bond donors (Lipinski definition) is 1. The summed E-state index contributed by atoms with van der Waals surface area (Å²) in [7, 11) is 9.53. The quantitative estimate of drug-likeness (QED) is 0.266. The van der Waals surface area contributed by atoms with Crippen molar-refractivity contribution in [2.75, 3.05) is 0 Å². The van der Waals surface area contributed by atoms with Crippen molar-refractivity contribution in [3.63, 3.8) is 0 Å². The minimum atomic E-state index is 0.194. The monoisotopic (exact) mass is 457 g/mol. The van der Waals surface area contributed by atoms with Gasteiger partial charge in [0.05, 0.1) is 29.5 Å². The van der Waals surface area contributed by atoms with Crippen LogP contribution >= 0.6 is 20.2 Å². The van der Waals surface area contributed by atoms with E-state index in [1.165, 1.54) is 16.7 Å². The van der Waals surface area contributed by atoms with Gasteiger partial charge >= 0.3 is 33.3 Å². The van der Waals surface area contributed by atoms with Gasteiger partial charge in [-0.3, -0.25) is 4.99 Å². The van der Waals surface area contributed by atoms with Gasteiger partial charge < -0.3 is 9.82 Å². The van der Waals surface area contributed by atoms with Gasteiger partial charge in [0, 0.05) is 0 Å². The van der Waals surface area contributed by atoms with Gasteiger partial charge in [-0.25, -0.2) is 0 Å². The zero-order valence-electron chi connectivity index (χ0n) is 15.8. The molecule has 2 aromatic carbocycles. The first-order valence-corrected chi connectivity index (χ1v) is 11.5. The summed E-state index contributed by atoms with van der Waals surface area (Å²) in [4.78, 5) is 13.2. The molecule has 0 spiro atoms. The number of aliphatic imine (C=N–C) groups is 1. The first-order chi connectivity index (χ1) is 13.5. The number of aromatic amines is 1. The van der Waals surface area contributed by atoms with Crippen molar-refractivity contribution < 1.29 is 18.0 Å². The van der Waals surface area contributed by atoms with Crippen molar-refractivity contribution in [3.05, 3.63) is 82.7 Å². The van der Waals surface area contributed by atoms with Crippen molar-refractivity contribution >= 4 is 38.3 Å². The zero-order valence-corrected chi connectivity index (χ0v) is 18.4. The molecule has 3 aromatic rings. The van der Waals surface area contributed by atoms with Crippen LogP contribution in [0.3, 0.4) is 0 Å². The first kappa shape index (κ1) is 22.3. The van der Waals surface area contributed by atoms with Gasteiger partial charge in [-0.1, -0.05) is 41.1 Å². The Morgan fingerprint density at radius 2 is 1.46 bits per heavy atom. The molecule has 0 fully saturated rings. The molecule has 1 aromatic heterocycles. The Bertz CT molecular complexity index is 917. The molecule has 28 heavy (non-hydrogen) atoms. The number of aromatic nitrogens is 1. The van der Waals surface area contributed by atoms with Crippen molar-refractivity contribution in [1.82, 2.24) is 4.98 Å². The maximum atomic E-state index is 5.31. The molecular weight excluding hydrogens is 437 g/mol. The molecule has 0 radical (unpaired) electrons. The summed E-state index contributed by atoms with van der Waals surface area (Å²) < 4.78 is 0. The number of halogens is 2.